The van der Waals surface area contributed by atoms with Crippen LogP contribution in [0.25, 0.3) is 0 Å². The molecule has 11 nitrogen and oxygen atoms in total. The van der Waals surface area contributed by atoms with Crippen LogP contribution < -0.4 is 23.8 Å². The molecule has 1 aliphatic heterocycles. The van der Waals surface area contributed by atoms with Crippen LogP contribution in [-0.4, -0.2) is 40.4 Å². The van der Waals surface area contributed by atoms with Gasteiger partial charge in [0.15, 0.2) is 11.5 Å². The maximum absolute atomic E-state index is 13.4. The molecule has 0 aliphatic carbocycles. The van der Waals surface area contributed by atoms with Gasteiger partial charge in [0.05, 0.1) is 12.7 Å². The minimum Gasteiger partial charge on any atom is -0.491 e. The molecule has 0 fully saturated rings. The van der Waals surface area contributed by atoms with Crippen LogP contribution in [0.1, 0.15) is 20.9 Å². The van der Waals surface area contributed by atoms with Crippen LogP contribution >= 0.6 is 22.9 Å². The molecule has 0 atom stereocenters. The molecule has 172 valence electrons. The Morgan fingerprint density at radius 2 is 2.18 bits per heavy atom. The number of thiophene rings is 1. The van der Waals surface area contributed by atoms with Crippen molar-refractivity contribution in [2.45, 2.75) is 11.8 Å². The van der Waals surface area contributed by atoms with Crippen LogP contribution in [0.4, 0.5) is 11.6 Å². The third-order valence-corrected chi connectivity index (χ3v) is 7.54. The quantitative estimate of drug-likeness (QED) is 0.527. The van der Waals surface area contributed by atoms with Crippen molar-refractivity contribution in [2.24, 2.45) is 0 Å². The van der Waals surface area contributed by atoms with Gasteiger partial charge < -0.3 is 23.6 Å². The van der Waals surface area contributed by atoms with Crippen molar-refractivity contribution in [3.8, 4) is 23.3 Å². The van der Waals surface area contributed by atoms with Gasteiger partial charge >= 0.3 is 0 Å². The average Bonchev–Trinajstić information content (AvgIpc) is 3.54. The molecule has 14 heteroatoms. The molecule has 4 rings (SSSR count). The molecule has 1 N–H and O–H groups in total. The summed E-state index contributed by atoms with van der Waals surface area (Å²) in [5.41, 5.74) is 0.484. The van der Waals surface area contributed by atoms with E-state index in [9.17, 15) is 18.5 Å². The van der Waals surface area contributed by atoms with E-state index in [2.05, 4.69) is 9.88 Å². The molecule has 2 aromatic heterocycles. The monoisotopic (exact) mass is 510 g/mol. The molecule has 0 saturated carbocycles. The lowest BCUT2D eigenvalue weighted by molar-refractivity contribution is 0.0993. The summed E-state index contributed by atoms with van der Waals surface area (Å²) in [6.45, 7) is 1.48. The Hall–Kier alpha value is -3.47. The van der Waals surface area contributed by atoms with Crippen LogP contribution in [0, 0.1) is 18.3 Å². The van der Waals surface area contributed by atoms with Gasteiger partial charge in [-0.15, -0.1) is 11.3 Å². The van der Waals surface area contributed by atoms with Crippen molar-refractivity contribution in [2.75, 3.05) is 30.6 Å². The number of sulfonamides is 1. The van der Waals surface area contributed by atoms with Crippen LogP contribution in [0.5, 0.6) is 17.2 Å². The number of anilines is 2. The number of carbonyl (C=O) groups is 1. The number of amides is 1. The van der Waals surface area contributed by atoms with Gasteiger partial charge in [-0.2, -0.15) is 5.26 Å². The molecule has 1 aromatic carbocycles. The van der Waals surface area contributed by atoms with E-state index in [-0.39, 0.29) is 50.2 Å². The molecule has 0 saturated heterocycles. The van der Waals surface area contributed by atoms with Crippen molar-refractivity contribution < 1.29 is 31.9 Å². The maximum atomic E-state index is 13.4. The summed E-state index contributed by atoms with van der Waals surface area (Å²) < 4.78 is 49.2. The topological polar surface area (TPSA) is 144 Å². The summed E-state index contributed by atoms with van der Waals surface area (Å²) in [7, 11) is -1.51. The van der Waals surface area contributed by atoms with Gasteiger partial charge in [-0.05, 0) is 18.4 Å². The first-order chi connectivity index (χ1) is 15.7. The lowest BCUT2D eigenvalue weighted by Crippen LogP contribution is -2.28. The number of aromatic nitrogens is 1. The maximum Gasteiger partial charge on any atom is 0.269 e. The van der Waals surface area contributed by atoms with Gasteiger partial charge in [-0.3, -0.25) is 4.79 Å². The molecular formula is C19H15ClN4O7S2. The zero-order valence-corrected chi connectivity index (χ0v) is 19.7. The molecule has 1 amide bonds. The number of aryl methyl sites for hydroxylation is 1. The molecule has 3 heterocycles. The zero-order valence-electron chi connectivity index (χ0n) is 17.3. The molecule has 1 aliphatic rings. The Kier molecular flexibility index (Phi) is 5.83. The fourth-order valence-electron chi connectivity index (χ4n) is 3.13. The number of carbonyl (C=O) groups excluding carboxylic acids is 1. The number of hydrogen-bond donors (Lipinski definition) is 1. The molecule has 0 spiro atoms. The van der Waals surface area contributed by atoms with E-state index in [0.29, 0.717) is 11.4 Å². The van der Waals surface area contributed by atoms with Crippen LogP contribution in [0.2, 0.25) is 5.02 Å². The van der Waals surface area contributed by atoms with E-state index in [1.54, 1.807) is 6.92 Å². The zero-order chi connectivity index (χ0) is 23.9. The molecular weight excluding hydrogens is 496 g/mol. The average molecular weight is 511 g/mol. The summed E-state index contributed by atoms with van der Waals surface area (Å²) in [6, 6.07) is 4.69. The number of rotatable bonds is 6. The first kappa shape index (κ1) is 22.7. The van der Waals surface area contributed by atoms with Crippen LogP contribution in [0.3, 0.4) is 0 Å². The number of nitrogens with zero attached hydrogens (tertiary/aromatic N) is 3. The van der Waals surface area contributed by atoms with E-state index in [1.807, 2.05) is 6.07 Å². The molecule has 0 unspecified atom stereocenters. The second-order valence-electron chi connectivity index (χ2n) is 6.65. The van der Waals surface area contributed by atoms with Crippen LogP contribution in [-0.2, 0) is 10.0 Å². The molecule has 0 radical (unpaired) electrons. The fourth-order valence-corrected chi connectivity index (χ4v) is 5.69. The van der Waals surface area contributed by atoms with Crippen molar-refractivity contribution in [3.05, 3.63) is 38.7 Å². The highest BCUT2D eigenvalue weighted by Gasteiger charge is 2.33. The normalized spacial score (nSPS) is 12.3. The van der Waals surface area contributed by atoms with E-state index in [0.717, 1.165) is 16.2 Å². The van der Waals surface area contributed by atoms with Crippen molar-refractivity contribution in [3.63, 3.8) is 0 Å². The van der Waals surface area contributed by atoms with Gasteiger partial charge in [0, 0.05) is 13.1 Å². The number of fused-ring (bicyclic) bond motifs is 1. The van der Waals surface area contributed by atoms with E-state index in [1.165, 1.54) is 31.7 Å². The number of ether oxygens (including phenoxy) is 3. The second-order valence-corrected chi connectivity index (χ2v) is 9.59. The number of hydrogen-bond acceptors (Lipinski definition) is 10. The number of methoxy groups -OCH3 is 1. The highest BCUT2D eigenvalue weighted by atomic mass is 35.5. The Morgan fingerprint density at radius 3 is 2.82 bits per heavy atom. The summed E-state index contributed by atoms with van der Waals surface area (Å²) in [5.74, 6) is -0.311. The second kappa shape index (κ2) is 8.47. The number of nitrogens with one attached hydrogen (secondary N) is 1. The standard InChI is InChI=1S/C19H15ClN4O7S2/c1-9-13(20)18(31-22-9)23-33(26,27)12-4-5-32-17(12)19(25)24(2)14-10(7-21)6-11-15(16(14)28-3)30-8-29-11/h4-6,23H,8H2,1-3H3. The lowest BCUT2D eigenvalue weighted by atomic mass is 10.1. The van der Waals surface area contributed by atoms with Gasteiger partial charge in [0.2, 0.25) is 12.5 Å². The lowest BCUT2D eigenvalue weighted by Gasteiger charge is -2.22. The Balaban J connectivity index is 1.74. The minimum absolute atomic E-state index is 0.00237. The third kappa shape index (κ3) is 3.82. The largest absolute Gasteiger partial charge is 0.491 e. The molecule has 33 heavy (non-hydrogen) atoms. The smallest absolute Gasteiger partial charge is 0.269 e. The van der Waals surface area contributed by atoms with Gasteiger partial charge in [0.1, 0.15) is 32.2 Å². The Labute approximate surface area is 197 Å². The SMILES string of the molecule is COc1c2c(cc(C#N)c1N(C)C(=O)c1sccc1S(=O)(=O)Nc1onc(C)c1Cl)OCO2. The third-order valence-electron chi connectivity index (χ3n) is 4.69. The molecule has 3 aromatic rings. The van der Waals surface area contributed by atoms with E-state index < -0.39 is 15.9 Å². The van der Waals surface area contributed by atoms with Gasteiger partial charge in [0.25, 0.3) is 21.8 Å². The number of nitriles is 1. The Bertz CT molecular complexity index is 1410. The highest BCUT2D eigenvalue weighted by Crippen LogP contribution is 2.49. The van der Waals surface area contributed by atoms with Crippen LogP contribution in [0.15, 0.2) is 26.9 Å². The van der Waals surface area contributed by atoms with Crippen molar-refractivity contribution in [1.82, 2.24) is 5.16 Å². The Morgan fingerprint density at radius 1 is 1.42 bits per heavy atom. The summed E-state index contributed by atoms with van der Waals surface area (Å²) in [6.07, 6.45) is 0. The summed E-state index contributed by atoms with van der Waals surface area (Å²) in [5, 5.41) is 14.7. The minimum atomic E-state index is -4.26. The first-order valence-electron chi connectivity index (χ1n) is 9.10. The highest BCUT2D eigenvalue weighted by molar-refractivity contribution is 7.93. The van der Waals surface area contributed by atoms with Gasteiger partial charge in [-0.25, -0.2) is 13.1 Å². The number of benzene rings is 1. The summed E-state index contributed by atoms with van der Waals surface area (Å²) in [4.78, 5) is 14.1. The fraction of sp³-hybridized carbons (Fsp3) is 0.211. The number of halogens is 1. The van der Waals surface area contributed by atoms with E-state index in [4.69, 9.17) is 30.3 Å². The van der Waals surface area contributed by atoms with Crippen molar-refractivity contribution in [1.29, 1.82) is 5.26 Å². The summed E-state index contributed by atoms with van der Waals surface area (Å²) >= 11 is 6.91. The first-order valence-corrected chi connectivity index (χ1v) is 11.8. The predicted octanol–water partition coefficient (Wildman–Crippen LogP) is 3.38. The predicted molar refractivity (Wildman–Crippen MR) is 118 cm³/mol. The van der Waals surface area contributed by atoms with Crippen molar-refractivity contribution >= 4 is 50.4 Å². The van der Waals surface area contributed by atoms with E-state index >= 15 is 0 Å². The van der Waals surface area contributed by atoms with Gasteiger partial charge in [-0.1, -0.05) is 16.8 Å². The molecule has 0 bridgehead atoms.